The molecule has 2 aromatic heterocycles. The number of hydrogen-bond acceptors (Lipinski definition) is 6. The third-order valence-electron chi connectivity index (χ3n) is 6.93. The number of aryl methyl sites for hydroxylation is 1. The summed E-state index contributed by atoms with van der Waals surface area (Å²) < 4.78 is 40.5. The zero-order valence-electron chi connectivity index (χ0n) is 18.6. The minimum Gasteiger partial charge on any atom is -0.304 e. The molecule has 176 valence electrons. The molecule has 1 saturated carbocycles. The standard InChI is InChI=1S/C23H26F3N5S2/c1-15-19(33-14-27-15)20-28-29-21(30(20)2)32-11-3-9-31-10-8-22(13-31)12-18(22)16-4-6-17(7-5-16)23(24,25)26/h4-7,14,18H,3,8-13H2,1-2H3. The maximum atomic E-state index is 12.8. The van der Waals surface area contributed by atoms with Gasteiger partial charge in [0.2, 0.25) is 0 Å². The van der Waals surface area contributed by atoms with Crippen molar-refractivity contribution in [3.63, 3.8) is 0 Å². The Bertz CT molecular complexity index is 1120. The summed E-state index contributed by atoms with van der Waals surface area (Å²) >= 11 is 3.31. The van der Waals surface area contributed by atoms with Crippen LogP contribution in [0.1, 0.15) is 42.0 Å². The smallest absolute Gasteiger partial charge is 0.304 e. The number of rotatable bonds is 7. The van der Waals surface area contributed by atoms with E-state index in [9.17, 15) is 13.2 Å². The number of likely N-dealkylation sites (tertiary alicyclic amines) is 1. The Balaban J connectivity index is 1.09. The van der Waals surface area contributed by atoms with Crippen molar-refractivity contribution in [2.24, 2.45) is 12.5 Å². The molecule has 0 N–H and O–H groups in total. The van der Waals surface area contributed by atoms with Gasteiger partial charge in [0, 0.05) is 19.3 Å². The Morgan fingerprint density at radius 3 is 2.70 bits per heavy atom. The van der Waals surface area contributed by atoms with Gasteiger partial charge in [0.05, 0.1) is 21.6 Å². The third kappa shape index (κ3) is 4.57. The van der Waals surface area contributed by atoms with Crippen molar-refractivity contribution in [1.82, 2.24) is 24.6 Å². The lowest BCUT2D eigenvalue weighted by Gasteiger charge is -2.16. The molecule has 1 aliphatic heterocycles. The van der Waals surface area contributed by atoms with E-state index in [4.69, 9.17) is 0 Å². The molecule has 3 heterocycles. The van der Waals surface area contributed by atoms with E-state index in [1.54, 1.807) is 35.2 Å². The van der Waals surface area contributed by atoms with Crippen LogP contribution < -0.4 is 0 Å². The van der Waals surface area contributed by atoms with Crippen LogP contribution in [0.3, 0.4) is 0 Å². The summed E-state index contributed by atoms with van der Waals surface area (Å²) in [5.74, 6) is 2.23. The highest BCUT2D eigenvalue weighted by atomic mass is 32.2. The summed E-state index contributed by atoms with van der Waals surface area (Å²) in [7, 11) is 2.00. The number of thioether (sulfide) groups is 1. The Kier molecular flexibility index (Phi) is 6.03. The third-order valence-corrected chi connectivity index (χ3v) is 8.96. The fraction of sp³-hybridized carbons (Fsp3) is 0.522. The second kappa shape index (κ2) is 8.70. The highest BCUT2D eigenvalue weighted by Gasteiger charge is 2.57. The molecule has 1 aromatic carbocycles. The number of benzene rings is 1. The minimum atomic E-state index is -4.27. The Morgan fingerprint density at radius 1 is 1.21 bits per heavy atom. The maximum Gasteiger partial charge on any atom is 0.416 e. The molecule has 1 saturated heterocycles. The largest absolute Gasteiger partial charge is 0.416 e. The number of thiazole rings is 1. The summed E-state index contributed by atoms with van der Waals surface area (Å²) in [4.78, 5) is 7.87. The molecule has 0 bridgehead atoms. The molecule has 2 unspecified atom stereocenters. The average Bonchev–Trinajstić information content (AvgIpc) is 3.05. The molecule has 2 fully saturated rings. The van der Waals surface area contributed by atoms with Gasteiger partial charge in [-0.2, -0.15) is 13.2 Å². The molecule has 1 aliphatic carbocycles. The van der Waals surface area contributed by atoms with Gasteiger partial charge in [-0.3, -0.25) is 0 Å². The quantitative estimate of drug-likeness (QED) is 0.315. The Morgan fingerprint density at radius 2 is 2.00 bits per heavy atom. The molecule has 1 spiro atoms. The lowest BCUT2D eigenvalue weighted by atomic mass is 9.97. The van der Waals surface area contributed by atoms with Crippen molar-refractivity contribution >= 4 is 23.1 Å². The molecule has 2 aliphatic rings. The van der Waals surface area contributed by atoms with Crippen LogP contribution in [-0.4, -0.2) is 50.0 Å². The van der Waals surface area contributed by atoms with Crippen molar-refractivity contribution in [2.75, 3.05) is 25.4 Å². The molecule has 10 heteroatoms. The van der Waals surface area contributed by atoms with Gasteiger partial charge < -0.3 is 9.47 Å². The van der Waals surface area contributed by atoms with E-state index in [-0.39, 0.29) is 5.41 Å². The van der Waals surface area contributed by atoms with Crippen LogP contribution in [0.2, 0.25) is 0 Å². The predicted octanol–water partition coefficient (Wildman–Crippen LogP) is 5.63. The second-order valence-electron chi connectivity index (χ2n) is 9.10. The van der Waals surface area contributed by atoms with Gasteiger partial charge in [0.1, 0.15) is 0 Å². The number of halogens is 3. The predicted molar refractivity (Wildman–Crippen MR) is 124 cm³/mol. The van der Waals surface area contributed by atoms with Crippen molar-refractivity contribution in [3.8, 4) is 10.7 Å². The second-order valence-corrected chi connectivity index (χ2v) is 11.0. The lowest BCUT2D eigenvalue weighted by molar-refractivity contribution is -0.137. The summed E-state index contributed by atoms with van der Waals surface area (Å²) in [6, 6.07) is 5.79. The monoisotopic (exact) mass is 493 g/mol. The molecular weight excluding hydrogens is 467 g/mol. The number of alkyl halides is 3. The van der Waals surface area contributed by atoms with Crippen LogP contribution in [-0.2, 0) is 13.2 Å². The topological polar surface area (TPSA) is 46.8 Å². The molecule has 3 aromatic rings. The van der Waals surface area contributed by atoms with Gasteiger partial charge >= 0.3 is 6.18 Å². The van der Waals surface area contributed by atoms with Gasteiger partial charge in [-0.1, -0.05) is 23.9 Å². The van der Waals surface area contributed by atoms with Gasteiger partial charge in [0.15, 0.2) is 11.0 Å². The van der Waals surface area contributed by atoms with E-state index in [0.29, 0.717) is 5.92 Å². The van der Waals surface area contributed by atoms with Gasteiger partial charge in [-0.15, -0.1) is 21.5 Å². The summed E-state index contributed by atoms with van der Waals surface area (Å²) in [5.41, 5.74) is 3.55. The highest BCUT2D eigenvalue weighted by molar-refractivity contribution is 7.99. The molecule has 5 rings (SSSR count). The fourth-order valence-corrected chi connectivity index (χ4v) is 6.61. The van der Waals surface area contributed by atoms with Crippen molar-refractivity contribution in [2.45, 2.75) is 43.4 Å². The van der Waals surface area contributed by atoms with E-state index in [2.05, 4.69) is 20.1 Å². The van der Waals surface area contributed by atoms with E-state index >= 15 is 0 Å². The molecule has 5 nitrogen and oxygen atoms in total. The molecule has 33 heavy (non-hydrogen) atoms. The normalized spacial score (nSPS) is 23.0. The highest BCUT2D eigenvalue weighted by Crippen LogP contribution is 2.64. The number of hydrogen-bond donors (Lipinski definition) is 0. The Hall–Kier alpha value is -1.91. The summed E-state index contributed by atoms with van der Waals surface area (Å²) in [5, 5.41) is 9.62. The first-order chi connectivity index (χ1) is 15.8. The van der Waals surface area contributed by atoms with Gasteiger partial charge in [-0.05, 0) is 68.3 Å². The average molecular weight is 494 g/mol. The van der Waals surface area contributed by atoms with E-state index in [0.717, 1.165) is 71.8 Å². The van der Waals surface area contributed by atoms with Crippen LogP contribution >= 0.6 is 23.1 Å². The SMILES string of the molecule is Cc1ncsc1-c1nnc(SCCCN2CCC3(CC3c3ccc(C(F)(F)F)cc3)C2)n1C. The van der Waals surface area contributed by atoms with Crippen LogP contribution in [0.5, 0.6) is 0 Å². The van der Waals surface area contributed by atoms with Crippen molar-refractivity contribution in [1.29, 1.82) is 0 Å². The summed E-state index contributed by atoms with van der Waals surface area (Å²) in [6.07, 6.45) is -0.989. The molecule has 0 radical (unpaired) electrons. The molecular formula is C23H26F3N5S2. The Labute approximate surface area is 199 Å². The fourth-order valence-electron chi connectivity index (χ4n) is 4.96. The van der Waals surface area contributed by atoms with E-state index < -0.39 is 11.7 Å². The van der Waals surface area contributed by atoms with E-state index in [1.807, 2.05) is 24.0 Å². The van der Waals surface area contributed by atoms with Gasteiger partial charge in [-0.25, -0.2) is 4.98 Å². The van der Waals surface area contributed by atoms with Crippen LogP contribution in [0.4, 0.5) is 13.2 Å². The van der Waals surface area contributed by atoms with Crippen molar-refractivity contribution in [3.05, 3.63) is 46.6 Å². The number of nitrogens with zero attached hydrogens (tertiary/aromatic N) is 5. The van der Waals surface area contributed by atoms with Crippen LogP contribution in [0, 0.1) is 12.3 Å². The van der Waals surface area contributed by atoms with Crippen LogP contribution in [0.15, 0.2) is 34.9 Å². The molecule has 0 amide bonds. The van der Waals surface area contributed by atoms with Crippen LogP contribution in [0.25, 0.3) is 10.7 Å². The summed E-state index contributed by atoms with van der Waals surface area (Å²) in [6.45, 7) is 5.13. The first-order valence-corrected chi connectivity index (χ1v) is 13.0. The minimum absolute atomic E-state index is 0.262. The first-order valence-electron chi connectivity index (χ1n) is 11.1. The first kappa shape index (κ1) is 22.9. The zero-order valence-corrected chi connectivity index (χ0v) is 20.2. The molecule has 2 atom stereocenters. The zero-order chi connectivity index (χ0) is 23.2. The van der Waals surface area contributed by atoms with E-state index in [1.165, 1.54) is 12.1 Å². The lowest BCUT2D eigenvalue weighted by Crippen LogP contribution is -2.23. The number of aromatic nitrogens is 4. The van der Waals surface area contributed by atoms with Crippen molar-refractivity contribution < 1.29 is 13.2 Å². The maximum absolute atomic E-state index is 12.8. The van der Waals surface area contributed by atoms with Gasteiger partial charge in [0.25, 0.3) is 0 Å².